The molecule has 0 aliphatic carbocycles. The molecule has 0 aromatic heterocycles. The van der Waals surface area contributed by atoms with E-state index in [0.29, 0.717) is 0 Å². The minimum absolute atomic E-state index is 0.670. The first-order valence-electron chi connectivity index (χ1n) is 3.79. The van der Waals surface area contributed by atoms with E-state index in [-0.39, 0.29) is 0 Å². The third kappa shape index (κ3) is 2.23. The van der Waals surface area contributed by atoms with E-state index in [9.17, 15) is 0 Å². The van der Waals surface area contributed by atoms with Gasteiger partial charge in [-0.15, -0.1) is 0 Å². The van der Waals surface area contributed by atoms with E-state index in [0.717, 1.165) is 0 Å². The normalized spacial score (nSPS) is 12.0. The highest BCUT2D eigenvalue weighted by Crippen LogP contribution is 2.52. The number of rotatable bonds is 4. The van der Waals surface area contributed by atoms with Crippen molar-refractivity contribution in [2.24, 2.45) is 0 Å². The summed E-state index contributed by atoms with van der Waals surface area (Å²) in [5, 5.41) is 3.48. The van der Waals surface area contributed by atoms with Crippen LogP contribution in [0.2, 0.25) is 0 Å². The van der Waals surface area contributed by atoms with Gasteiger partial charge in [0.2, 0.25) is 0 Å². The molecule has 0 fully saturated rings. The largest absolute Gasteiger partial charge is 0.196 e. The molecule has 56 valence electrons. The molecule has 0 spiro atoms. The number of nitrogens with one attached hydrogen (secondary N) is 1. The maximum Gasteiger partial charge on any atom is 0.0788 e. The summed E-state index contributed by atoms with van der Waals surface area (Å²) in [6.07, 6.45) is 4.03. The van der Waals surface area contributed by atoms with E-state index in [1.165, 1.54) is 18.5 Å². The summed E-state index contributed by atoms with van der Waals surface area (Å²) >= 11 is 0. The second-order valence-corrected chi connectivity index (χ2v) is 6.95. The fourth-order valence-corrected chi connectivity index (χ4v) is 3.44. The lowest BCUT2D eigenvalue weighted by atomic mass is 10.9. The monoisotopic (exact) mass is 148 g/mol. The van der Waals surface area contributed by atoms with E-state index in [1.54, 1.807) is 0 Å². The predicted octanol–water partition coefficient (Wildman–Crippen LogP) is 2.20. The molecule has 0 aromatic rings. The molecule has 0 aliphatic rings. The van der Waals surface area contributed by atoms with Crippen LogP contribution in [-0.2, 0) is 0 Å². The van der Waals surface area contributed by atoms with Crippen molar-refractivity contribution < 1.29 is 0 Å². The minimum Gasteiger partial charge on any atom is -0.196 e. The summed E-state index contributed by atoms with van der Waals surface area (Å²) in [7, 11) is 1.43. The van der Waals surface area contributed by atoms with Crippen LogP contribution in [-0.4, -0.2) is 25.5 Å². The molecular formula is C7H19NP+. The van der Waals surface area contributed by atoms with Crippen LogP contribution in [0.1, 0.15) is 20.8 Å². The molecule has 0 aliphatic heterocycles. The van der Waals surface area contributed by atoms with Gasteiger partial charge in [-0.2, -0.15) is 5.09 Å². The molecule has 2 heteroatoms. The zero-order valence-electron chi connectivity index (χ0n) is 7.07. The molecule has 0 aromatic carbocycles. The van der Waals surface area contributed by atoms with Gasteiger partial charge in [0.15, 0.2) is 0 Å². The Hall–Kier alpha value is 0.390. The van der Waals surface area contributed by atoms with Crippen molar-refractivity contribution in [2.45, 2.75) is 20.8 Å². The molecule has 1 nitrogen and oxygen atoms in total. The minimum atomic E-state index is -0.670. The van der Waals surface area contributed by atoms with Crippen LogP contribution in [0.4, 0.5) is 0 Å². The molecule has 0 atom stereocenters. The summed E-state index contributed by atoms with van der Waals surface area (Å²) in [6, 6.07) is 0. The zero-order chi connectivity index (χ0) is 7.33. The molecule has 0 unspecified atom stereocenters. The first kappa shape index (κ1) is 9.39. The molecule has 0 rings (SSSR count). The highest BCUT2D eigenvalue weighted by Gasteiger charge is 2.28. The van der Waals surface area contributed by atoms with Crippen molar-refractivity contribution in [1.82, 2.24) is 5.09 Å². The molecular weight excluding hydrogens is 129 g/mol. The second kappa shape index (κ2) is 4.24. The fraction of sp³-hybridized carbons (Fsp3) is 1.00. The molecule has 0 saturated heterocycles. The van der Waals surface area contributed by atoms with Crippen molar-refractivity contribution in [3.8, 4) is 0 Å². The average molecular weight is 148 g/mol. The van der Waals surface area contributed by atoms with Crippen LogP contribution in [0.15, 0.2) is 0 Å². The first-order valence-corrected chi connectivity index (χ1v) is 6.14. The molecule has 0 bridgehead atoms. The van der Waals surface area contributed by atoms with Gasteiger partial charge in [-0.05, 0) is 20.8 Å². The Kier molecular flexibility index (Phi) is 4.43. The molecule has 9 heavy (non-hydrogen) atoms. The fourth-order valence-electron chi connectivity index (χ4n) is 1.15. The Balaban J connectivity index is 3.82. The van der Waals surface area contributed by atoms with Gasteiger partial charge < -0.3 is 0 Å². The smallest absolute Gasteiger partial charge is 0.0788 e. The highest BCUT2D eigenvalue weighted by molar-refractivity contribution is 7.73. The van der Waals surface area contributed by atoms with E-state index in [4.69, 9.17) is 0 Å². The predicted molar refractivity (Wildman–Crippen MR) is 47.6 cm³/mol. The van der Waals surface area contributed by atoms with Crippen LogP contribution in [0.5, 0.6) is 0 Å². The van der Waals surface area contributed by atoms with Gasteiger partial charge in [0, 0.05) is 7.05 Å². The van der Waals surface area contributed by atoms with Crippen LogP contribution in [0.3, 0.4) is 0 Å². The van der Waals surface area contributed by atoms with Gasteiger partial charge in [-0.1, -0.05) is 0 Å². The van der Waals surface area contributed by atoms with Gasteiger partial charge in [0.25, 0.3) is 0 Å². The van der Waals surface area contributed by atoms with E-state index >= 15 is 0 Å². The summed E-state index contributed by atoms with van der Waals surface area (Å²) < 4.78 is 0. The third-order valence-electron chi connectivity index (χ3n) is 2.29. The molecule has 0 amide bonds. The van der Waals surface area contributed by atoms with Gasteiger partial charge in [-0.3, -0.25) is 0 Å². The Morgan fingerprint density at radius 3 is 1.33 bits per heavy atom. The van der Waals surface area contributed by atoms with Gasteiger partial charge in [0.1, 0.15) is 0 Å². The Morgan fingerprint density at radius 1 is 1.00 bits per heavy atom. The second-order valence-electron chi connectivity index (χ2n) is 2.32. The van der Waals surface area contributed by atoms with E-state index < -0.39 is 7.41 Å². The lowest BCUT2D eigenvalue weighted by molar-refractivity contribution is 1.14. The first-order chi connectivity index (χ1) is 4.24. The summed E-state index contributed by atoms with van der Waals surface area (Å²) in [6.45, 7) is 6.87. The van der Waals surface area contributed by atoms with Crippen molar-refractivity contribution >= 4 is 7.41 Å². The van der Waals surface area contributed by atoms with Gasteiger partial charge >= 0.3 is 0 Å². The molecule has 0 saturated carbocycles. The Bertz CT molecular complexity index is 51.8. The van der Waals surface area contributed by atoms with Crippen LogP contribution in [0, 0.1) is 0 Å². The quantitative estimate of drug-likeness (QED) is 0.603. The lowest BCUT2D eigenvalue weighted by Gasteiger charge is -2.21. The maximum atomic E-state index is 3.48. The standard InChI is InChI=1S/C7H19NP/c1-5-9(6-2,7-3)8-4/h8H,5-7H2,1-4H3/q+1. The van der Waals surface area contributed by atoms with Crippen molar-refractivity contribution in [3.63, 3.8) is 0 Å². The lowest BCUT2D eigenvalue weighted by Crippen LogP contribution is -2.16. The zero-order valence-corrected chi connectivity index (χ0v) is 7.96. The van der Waals surface area contributed by atoms with Crippen LogP contribution >= 0.6 is 7.41 Å². The van der Waals surface area contributed by atoms with Crippen molar-refractivity contribution in [3.05, 3.63) is 0 Å². The van der Waals surface area contributed by atoms with E-state index in [2.05, 4.69) is 32.9 Å². The van der Waals surface area contributed by atoms with Crippen molar-refractivity contribution in [2.75, 3.05) is 25.5 Å². The summed E-state index contributed by atoms with van der Waals surface area (Å²) in [5.74, 6) is 0. The molecule has 0 radical (unpaired) electrons. The SMILES string of the molecule is CC[P+](CC)(CC)NC. The van der Waals surface area contributed by atoms with Gasteiger partial charge in [-0.25, -0.2) is 0 Å². The Morgan fingerprint density at radius 2 is 1.33 bits per heavy atom. The van der Waals surface area contributed by atoms with Crippen molar-refractivity contribution in [1.29, 1.82) is 0 Å². The summed E-state index contributed by atoms with van der Waals surface area (Å²) in [5.41, 5.74) is 0. The third-order valence-corrected chi connectivity index (χ3v) is 6.87. The topological polar surface area (TPSA) is 12.0 Å². The van der Waals surface area contributed by atoms with Crippen LogP contribution in [0.25, 0.3) is 0 Å². The highest BCUT2D eigenvalue weighted by atomic mass is 31.2. The number of hydrogen-bond acceptors (Lipinski definition) is 1. The van der Waals surface area contributed by atoms with Gasteiger partial charge in [0.05, 0.1) is 25.9 Å². The van der Waals surface area contributed by atoms with E-state index in [1.807, 2.05) is 0 Å². The number of hydrogen-bond donors (Lipinski definition) is 1. The van der Waals surface area contributed by atoms with Crippen LogP contribution < -0.4 is 5.09 Å². The Labute approximate surface area is 59.6 Å². The molecule has 1 N–H and O–H groups in total. The average Bonchev–Trinajstić information content (AvgIpc) is 1.95. The molecule has 0 heterocycles. The maximum absolute atomic E-state index is 3.48. The summed E-state index contributed by atoms with van der Waals surface area (Å²) in [4.78, 5) is 0.